The van der Waals surface area contributed by atoms with Gasteiger partial charge in [-0.2, -0.15) is 0 Å². The van der Waals surface area contributed by atoms with Gasteiger partial charge in [-0.05, 0) is 44.9 Å². The van der Waals surface area contributed by atoms with E-state index in [2.05, 4.69) is 22.7 Å². The molecule has 0 aromatic carbocycles. The second-order valence-corrected chi connectivity index (χ2v) is 5.49. The van der Waals surface area contributed by atoms with Crippen LogP contribution in [-0.4, -0.2) is 34.9 Å². The molecular weight excluding hydrogens is 212 g/mol. The Labute approximate surface area is 102 Å². The van der Waals surface area contributed by atoms with Gasteiger partial charge in [-0.15, -0.1) is 0 Å². The lowest BCUT2D eigenvalue weighted by atomic mass is 9.82. The first kappa shape index (κ1) is 11.0. The van der Waals surface area contributed by atoms with Crippen LogP contribution in [0.5, 0.6) is 0 Å². The largest absolute Gasteiger partial charge is 0.342 e. The van der Waals surface area contributed by atoms with Crippen LogP contribution < -0.4 is 0 Å². The Balaban J connectivity index is 1.84. The molecule has 0 N–H and O–H groups in total. The SMILES string of the molecule is CN1C2CCCC1CC(n1cccc1C=O)C2. The smallest absolute Gasteiger partial charge is 0.166 e. The summed E-state index contributed by atoms with van der Waals surface area (Å²) in [5, 5.41) is 0. The van der Waals surface area contributed by atoms with Crippen molar-refractivity contribution in [3.8, 4) is 0 Å². The van der Waals surface area contributed by atoms with Crippen LogP contribution in [0, 0.1) is 0 Å². The lowest BCUT2D eigenvalue weighted by molar-refractivity contribution is 0.0396. The number of nitrogens with zero attached hydrogens (tertiary/aromatic N) is 2. The van der Waals surface area contributed by atoms with Gasteiger partial charge in [-0.25, -0.2) is 0 Å². The van der Waals surface area contributed by atoms with Crippen molar-refractivity contribution < 1.29 is 4.79 Å². The van der Waals surface area contributed by atoms with Gasteiger partial charge < -0.3 is 9.47 Å². The molecule has 3 heterocycles. The quantitative estimate of drug-likeness (QED) is 0.732. The van der Waals surface area contributed by atoms with Crippen LogP contribution in [-0.2, 0) is 0 Å². The Morgan fingerprint density at radius 3 is 2.59 bits per heavy atom. The fourth-order valence-corrected chi connectivity index (χ4v) is 3.65. The summed E-state index contributed by atoms with van der Waals surface area (Å²) >= 11 is 0. The van der Waals surface area contributed by atoms with Crippen molar-refractivity contribution in [1.29, 1.82) is 0 Å². The Kier molecular flexibility index (Phi) is 2.79. The average molecular weight is 232 g/mol. The summed E-state index contributed by atoms with van der Waals surface area (Å²) in [6, 6.07) is 5.86. The molecule has 0 aliphatic carbocycles. The van der Waals surface area contributed by atoms with E-state index in [4.69, 9.17) is 0 Å². The van der Waals surface area contributed by atoms with E-state index in [-0.39, 0.29) is 0 Å². The molecule has 0 spiro atoms. The van der Waals surface area contributed by atoms with Gasteiger partial charge in [0.15, 0.2) is 6.29 Å². The van der Waals surface area contributed by atoms with Crippen molar-refractivity contribution in [1.82, 2.24) is 9.47 Å². The highest BCUT2D eigenvalue weighted by Crippen LogP contribution is 2.38. The first-order valence-corrected chi connectivity index (χ1v) is 6.63. The minimum absolute atomic E-state index is 0.525. The van der Waals surface area contributed by atoms with Crippen molar-refractivity contribution >= 4 is 6.29 Å². The Morgan fingerprint density at radius 1 is 1.24 bits per heavy atom. The number of rotatable bonds is 2. The van der Waals surface area contributed by atoms with Crippen LogP contribution in [0.4, 0.5) is 0 Å². The summed E-state index contributed by atoms with van der Waals surface area (Å²) < 4.78 is 2.19. The predicted molar refractivity (Wildman–Crippen MR) is 67.3 cm³/mol. The van der Waals surface area contributed by atoms with Crippen molar-refractivity contribution in [3.63, 3.8) is 0 Å². The lowest BCUT2D eigenvalue weighted by Crippen LogP contribution is -2.50. The zero-order chi connectivity index (χ0) is 11.8. The number of carbonyl (C=O) groups is 1. The maximum absolute atomic E-state index is 11.0. The summed E-state index contributed by atoms with van der Waals surface area (Å²) in [6.45, 7) is 0. The molecule has 3 nitrogen and oxygen atoms in total. The van der Waals surface area contributed by atoms with Crippen LogP contribution in [0.2, 0.25) is 0 Å². The average Bonchev–Trinajstić information content (AvgIpc) is 2.76. The van der Waals surface area contributed by atoms with Crippen LogP contribution in [0.1, 0.15) is 48.6 Å². The third kappa shape index (κ3) is 1.82. The molecule has 2 aliphatic heterocycles. The molecule has 1 aromatic heterocycles. The number of carbonyl (C=O) groups excluding carboxylic acids is 1. The van der Waals surface area contributed by atoms with Crippen molar-refractivity contribution in [2.75, 3.05) is 7.05 Å². The van der Waals surface area contributed by atoms with E-state index < -0.39 is 0 Å². The number of aromatic nitrogens is 1. The van der Waals surface area contributed by atoms with Gasteiger partial charge in [0.1, 0.15) is 0 Å². The van der Waals surface area contributed by atoms with E-state index >= 15 is 0 Å². The normalized spacial score (nSPS) is 33.6. The van der Waals surface area contributed by atoms with Crippen LogP contribution >= 0.6 is 0 Å². The summed E-state index contributed by atoms with van der Waals surface area (Å²) in [5.41, 5.74) is 0.831. The molecule has 2 bridgehead atoms. The van der Waals surface area contributed by atoms with Gasteiger partial charge in [0.2, 0.25) is 0 Å². The molecular formula is C14H20N2O. The first-order valence-electron chi connectivity index (χ1n) is 6.63. The topological polar surface area (TPSA) is 25.2 Å². The molecule has 1 aromatic rings. The number of hydrogen-bond donors (Lipinski definition) is 0. The van der Waals surface area contributed by atoms with Crippen molar-refractivity contribution in [2.24, 2.45) is 0 Å². The van der Waals surface area contributed by atoms with Crippen molar-refractivity contribution in [2.45, 2.75) is 50.2 Å². The van der Waals surface area contributed by atoms with E-state index in [0.717, 1.165) is 24.1 Å². The third-order valence-corrected chi connectivity index (χ3v) is 4.64. The van der Waals surface area contributed by atoms with E-state index in [1.807, 2.05) is 12.1 Å². The van der Waals surface area contributed by atoms with Gasteiger partial charge in [-0.1, -0.05) is 6.42 Å². The predicted octanol–water partition coefficient (Wildman–Crippen LogP) is 2.49. The van der Waals surface area contributed by atoms with Crippen molar-refractivity contribution in [3.05, 3.63) is 24.0 Å². The number of fused-ring (bicyclic) bond motifs is 2. The maximum atomic E-state index is 11.0. The second-order valence-electron chi connectivity index (χ2n) is 5.49. The Hall–Kier alpha value is -1.09. The molecule has 2 fully saturated rings. The van der Waals surface area contributed by atoms with Gasteiger partial charge in [0, 0.05) is 24.3 Å². The summed E-state index contributed by atoms with van der Waals surface area (Å²) in [7, 11) is 2.26. The van der Waals surface area contributed by atoms with Gasteiger partial charge in [-0.3, -0.25) is 4.79 Å². The molecule has 2 saturated heterocycles. The summed E-state index contributed by atoms with van der Waals surface area (Å²) in [4.78, 5) is 13.6. The number of piperidine rings is 2. The van der Waals surface area contributed by atoms with Gasteiger partial charge in [0.05, 0.1) is 5.69 Å². The molecule has 3 rings (SSSR count). The van der Waals surface area contributed by atoms with E-state index in [9.17, 15) is 4.79 Å². The zero-order valence-electron chi connectivity index (χ0n) is 10.4. The standard InChI is InChI=1S/C14H20N2O/c1-15-11-4-2-5-12(15)9-14(8-11)16-7-3-6-13(16)10-17/h3,6-7,10-12,14H,2,4-5,8-9H2,1H3. The molecule has 2 aliphatic rings. The van der Waals surface area contributed by atoms with Crippen LogP contribution in [0.25, 0.3) is 0 Å². The van der Waals surface area contributed by atoms with E-state index in [1.54, 1.807) is 0 Å². The number of aldehydes is 1. The van der Waals surface area contributed by atoms with E-state index in [1.165, 1.54) is 32.1 Å². The Bertz CT molecular complexity index is 398. The molecule has 0 amide bonds. The minimum atomic E-state index is 0.525. The fraction of sp³-hybridized carbons (Fsp3) is 0.643. The van der Waals surface area contributed by atoms with Crippen LogP contribution in [0.15, 0.2) is 18.3 Å². The first-order chi connectivity index (χ1) is 8.29. The molecule has 17 heavy (non-hydrogen) atoms. The molecule has 0 saturated carbocycles. The molecule has 92 valence electrons. The highest BCUT2D eigenvalue weighted by molar-refractivity contribution is 5.72. The third-order valence-electron chi connectivity index (χ3n) is 4.64. The zero-order valence-corrected chi connectivity index (χ0v) is 10.4. The molecule has 2 unspecified atom stereocenters. The molecule has 3 heteroatoms. The second kappa shape index (κ2) is 4.30. The Morgan fingerprint density at radius 2 is 1.94 bits per heavy atom. The summed E-state index contributed by atoms with van der Waals surface area (Å²) in [5.74, 6) is 0. The van der Waals surface area contributed by atoms with Gasteiger partial charge in [0.25, 0.3) is 0 Å². The monoisotopic (exact) mass is 232 g/mol. The number of hydrogen-bond acceptors (Lipinski definition) is 2. The molecule has 0 radical (unpaired) electrons. The summed E-state index contributed by atoms with van der Waals surface area (Å²) in [6.07, 6.45) is 9.45. The minimum Gasteiger partial charge on any atom is -0.342 e. The lowest BCUT2D eigenvalue weighted by Gasteiger charge is -2.47. The highest BCUT2D eigenvalue weighted by atomic mass is 16.1. The van der Waals surface area contributed by atoms with Gasteiger partial charge >= 0.3 is 0 Å². The highest BCUT2D eigenvalue weighted by Gasteiger charge is 2.36. The maximum Gasteiger partial charge on any atom is 0.166 e. The fourth-order valence-electron chi connectivity index (χ4n) is 3.65. The van der Waals surface area contributed by atoms with E-state index in [0.29, 0.717) is 6.04 Å². The molecule has 2 atom stereocenters. The van der Waals surface area contributed by atoms with Crippen LogP contribution in [0.3, 0.4) is 0 Å².